The Hall–Kier alpha value is -1.99. The van der Waals surface area contributed by atoms with E-state index in [1.165, 1.54) is 5.56 Å². The highest BCUT2D eigenvalue weighted by molar-refractivity contribution is 5.49. The second-order valence-electron chi connectivity index (χ2n) is 6.14. The fraction of sp³-hybridized carbons (Fsp3) is 0.562. The summed E-state index contributed by atoms with van der Waals surface area (Å²) in [6.07, 6.45) is 1.56. The normalized spacial score (nSPS) is 11.7. The van der Waals surface area contributed by atoms with E-state index in [9.17, 15) is 0 Å². The van der Waals surface area contributed by atoms with Gasteiger partial charge < -0.3 is 14.2 Å². The van der Waals surface area contributed by atoms with E-state index < -0.39 is 0 Å². The van der Waals surface area contributed by atoms with Crippen LogP contribution in [0.1, 0.15) is 26.3 Å². The minimum atomic E-state index is 0.0323. The summed E-state index contributed by atoms with van der Waals surface area (Å²) < 4.78 is 17.8. The van der Waals surface area contributed by atoms with Crippen molar-refractivity contribution in [2.24, 2.45) is 0 Å². The van der Waals surface area contributed by atoms with Gasteiger partial charge in [0.25, 0.3) is 0 Å². The summed E-state index contributed by atoms with van der Waals surface area (Å²) in [5.74, 6) is 0.723. The predicted molar refractivity (Wildman–Crippen MR) is 86.0 cm³/mol. The van der Waals surface area contributed by atoms with E-state index in [2.05, 4.69) is 48.4 Å². The number of nitrogens with zero attached hydrogens (tertiary/aromatic N) is 4. The van der Waals surface area contributed by atoms with Crippen LogP contribution in [0.15, 0.2) is 24.5 Å². The molecule has 0 aliphatic heterocycles. The average molecular weight is 320 g/mol. The van der Waals surface area contributed by atoms with E-state index in [-0.39, 0.29) is 5.41 Å². The lowest BCUT2D eigenvalue weighted by atomic mass is 9.87. The van der Waals surface area contributed by atoms with Crippen LogP contribution in [-0.2, 0) is 14.9 Å². The Bertz CT molecular complexity index is 594. The number of rotatable bonds is 8. The number of hydrogen-bond acceptors (Lipinski definition) is 6. The lowest BCUT2D eigenvalue weighted by Crippen LogP contribution is -2.14. The number of ether oxygens (including phenoxy) is 3. The van der Waals surface area contributed by atoms with Crippen molar-refractivity contribution in [3.05, 3.63) is 30.1 Å². The fourth-order valence-electron chi connectivity index (χ4n) is 2.01. The fourth-order valence-corrected chi connectivity index (χ4v) is 2.01. The van der Waals surface area contributed by atoms with Crippen molar-refractivity contribution in [3.8, 4) is 11.4 Å². The van der Waals surface area contributed by atoms with Crippen LogP contribution in [0.2, 0.25) is 0 Å². The zero-order valence-corrected chi connectivity index (χ0v) is 14.2. The molecular formula is C16H24N4O3. The molecule has 0 aliphatic rings. The van der Waals surface area contributed by atoms with Crippen LogP contribution >= 0.6 is 0 Å². The predicted octanol–water partition coefficient (Wildman–Crippen LogP) is 2.00. The van der Waals surface area contributed by atoms with Gasteiger partial charge in [-0.05, 0) is 33.5 Å². The molecule has 0 saturated heterocycles. The Labute approximate surface area is 136 Å². The van der Waals surface area contributed by atoms with Gasteiger partial charge in [0.05, 0.1) is 19.8 Å². The van der Waals surface area contributed by atoms with Crippen LogP contribution in [-0.4, -0.2) is 53.7 Å². The highest BCUT2D eigenvalue weighted by Crippen LogP contribution is 2.29. The zero-order valence-electron chi connectivity index (χ0n) is 14.2. The molecule has 0 N–H and O–H groups in total. The maximum absolute atomic E-state index is 5.83. The topological polar surface area (TPSA) is 71.3 Å². The van der Waals surface area contributed by atoms with Gasteiger partial charge in [-0.2, -0.15) is 4.68 Å². The van der Waals surface area contributed by atoms with Gasteiger partial charge in [-0.15, -0.1) is 5.10 Å². The zero-order chi connectivity index (χ0) is 16.7. The Kier molecular flexibility index (Phi) is 6.06. The van der Waals surface area contributed by atoms with Gasteiger partial charge >= 0.3 is 0 Å². The molecule has 0 amide bonds. The molecule has 0 fully saturated rings. The van der Waals surface area contributed by atoms with Gasteiger partial charge in [0, 0.05) is 7.11 Å². The van der Waals surface area contributed by atoms with Crippen LogP contribution in [0.5, 0.6) is 5.75 Å². The van der Waals surface area contributed by atoms with Crippen LogP contribution < -0.4 is 4.74 Å². The van der Waals surface area contributed by atoms with Crippen LogP contribution in [0.25, 0.3) is 5.69 Å². The van der Waals surface area contributed by atoms with E-state index in [1.807, 2.05) is 6.07 Å². The Morgan fingerprint density at radius 2 is 1.87 bits per heavy atom. The average Bonchev–Trinajstić information content (AvgIpc) is 3.04. The van der Waals surface area contributed by atoms with Crippen molar-refractivity contribution < 1.29 is 14.2 Å². The molecule has 1 aromatic carbocycles. The SMILES string of the molecule is COCCOCCOc1ccc(C(C)(C)C)cc1-n1cnnn1. The van der Waals surface area contributed by atoms with Crippen molar-refractivity contribution >= 4 is 0 Å². The van der Waals surface area contributed by atoms with E-state index >= 15 is 0 Å². The first kappa shape index (κ1) is 17.4. The molecule has 23 heavy (non-hydrogen) atoms. The lowest BCUT2D eigenvalue weighted by molar-refractivity contribution is 0.0544. The molecule has 1 heterocycles. The highest BCUT2D eigenvalue weighted by atomic mass is 16.5. The van der Waals surface area contributed by atoms with Gasteiger partial charge in [0.15, 0.2) is 0 Å². The molecule has 0 unspecified atom stereocenters. The molecule has 0 atom stereocenters. The second-order valence-corrected chi connectivity index (χ2v) is 6.14. The molecule has 126 valence electrons. The molecule has 0 bridgehead atoms. The summed E-state index contributed by atoms with van der Waals surface area (Å²) in [5.41, 5.74) is 2.04. The standard InChI is InChI=1S/C16H24N4O3/c1-16(2,3)13-5-6-15(23-10-9-22-8-7-21-4)14(11-13)20-12-17-18-19-20/h5-6,11-12H,7-10H2,1-4H3. The maximum Gasteiger partial charge on any atom is 0.145 e. The summed E-state index contributed by atoms with van der Waals surface area (Å²) in [7, 11) is 1.65. The van der Waals surface area contributed by atoms with Crippen molar-refractivity contribution in [1.29, 1.82) is 0 Å². The smallest absolute Gasteiger partial charge is 0.145 e. The molecule has 0 radical (unpaired) electrons. The third-order valence-electron chi connectivity index (χ3n) is 3.34. The molecule has 1 aromatic heterocycles. The molecular weight excluding hydrogens is 296 g/mol. The first-order valence-electron chi connectivity index (χ1n) is 7.60. The van der Waals surface area contributed by atoms with Gasteiger partial charge in [0.2, 0.25) is 0 Å². The van der Waals surface area contributed by atoms with Crippen LogP contribution in [0.3, 0.4) is 0 Å². The highest BCUT2D eigenvalue weighted by Gasteiger charge is 2.17. The van der Waals surface area contributed by atoms with Gasteiger partial charge in [-0.25, -0.2) is 0 Å². The second kappa shape index (κ2) is 8.03. The molecule has 7 heteroatoms. The van der Waals surface area contributed by atoms with Gasteiger partial charge in [0.1, 0.15) is 24.4 Å². The van der Waals surface area contributed by atoms with Gasteiger partial charge in [-0.3, -0.25) is 0 Å². The third-order valence-corrected chi connectivity index (χ3v) is 3.34. The Morgan fingerprint density at radius 1 is 1.09 bits per heavy atom. The van der Waals surface area contributed by atoms with Crippen LogP contribution in [0.4, 0.5) is 0 Å². The quantitative estimate of drug-likeness (QED) is 0.693. The van der Waals surface area contributed by atoms with Crippen molar-refractivity contribution in [2.75, 3.05) is 33.5 Å². The minimum absolute atomic E-state index is 0.0323. The molecule has 7 nitrogen and oxygen atoms in total. The largest absolute Gasteiger partial charge is 0.489 e. The Morgan fingerprint density at radius 3 is 2.52 bits per heavy atom. The Balaban J connectivity index is 2.09. The molecule has 2 aromatic rings. The lowest BCUT2D eigenvalue weighted by Gasteiger charge is -2.21. The summed E-state index contributed by atoms with van der Waals surface area (Å²) in [6.45, 7) is 8.58. The van der Waals surface area contributed by atoms with E-state index in [0.29, 0.717) is 26.4 Å². The van der Waals surface area contributed by atoms with E-state index in [1.54, 1.807) is 18.1 Å². The van der Waals surface area contributed by atoms with Crippen molar-refractivity contribution in [1.82, 2.24) is 20.2 Å². The van der Waals surface area contributed by atoms with Crippen molar-refractivity contribution in [2.45, 2.75) is 26.2 Å². The first-order chi connectivity index (χ1) is 11.0. The van der Waals surface area contributed by atoms with Crippen molar-refractivity contribution in [3.63, 3.8) is 0 Å². The van der Waals surface area contributed by atoms with E-state index in [0.717, 1.165) is 11.4 Å². The summed E-state index contributed by atoms with van der Waals surface area (Å²) in [4.78, 5) is 0. The molecule has 2 rings (SSSR count). The van der Waals surface area contributed by atoms with Crippen LogP contribution in [0, 0.1) is 0 Å². The number of tetrazole rings is 1. The number of benzene rings is 1. The molecule has 0 aliphatic carbocycles. The maximum atomic E-state index is 5.83. The number of aromatic nitrogens is 4. The number of hydrogen-bond donors (Lipinski definition) is 0. The van der Waals surface area contributed by atoms with E-state index in [4.69, 9.17) is 14.2 Å². The first-order valence-corrected chi connectivity index (χ1v) is 7.60. The summed E-state index contributed by atoms with van der Waals surface area (Å²) in [5, 5.41) is 11.4. The monoisotopic (exact) mass is 320 g/mol. The summed E-state index contributed by atoms with van der Waals surface area (Å²) >= 11 is 0. The van der Waals surface area contributed by atoms with Gasteiger partial charge in [-0.1, -0.05) is 26.8 Å². The summed E-state index contributed by atoms with van der Waals surface area (Å²) in [6, 6.07) is 6.07. The number of methoxy groups -OCH3 is 1. The molecule has 0 saturated carbocycles. The minimum Gasteiger partial charge on any atom is -0.489 e. The molecule has 0 spiro atoms. The third kappa shape index (κ3) is 5.01.